The predicted molar refractivity (Wildman–Crippen MR) is 98.2 cm³/mol. The molecule has 0 bridgehead atoms. The standard InChI is InChI=1S/C20H20F6N4O/c21-15-8-17(23)16(22)6-12(15)5-14(27)7-18(31)30-3-1-11(2-4-30)19-28-9-13(10-29-19)20(24,25)26/h6,8-11,14H,1-5,7,27H2/t14-/m1/s1. The van der Waals surface area contributed by atoms with Crippen molar-refractivity contribution in [1.29, 1.82) is 0 Å². The molecule has 1 atom stereocenters. The zero-order valence-corrected chi connectivity index (χ0v) is 16.3. The van der Waals surface area contributed by atoms with Gasteiger partial charge in [-0.3, -0.25) is 4.79 Å². The molecule has 1 aromatic heterocycles. The van der Waals surface area contributed by atoms with Crippen LogP contribution < -0.4 is 5.73 Å². The molecule has 2 heterocycles. The molecule has 2 aromatic rings. The van der Waals surface area contributed by atoms with Crippen molar-refractivity contribution in [2.45, 2.75) is 43.8 Å². The number of nitrogens with zero attached hydrogens (tertiary/aromatic N) is 3. The van der Waals surface area contributed by atoms with Crippen LogP contribution in [0.2, 0.25) is 0 Å². The Balaban J connectivity index is 1.51. The van der Waals surface area contributed by atoms with E-state index in [1.165, 1.54) is 0 Å². The third-order valence-corrected chi connectivity index (χ3v) is 5.22. The Morgan fingerprint density at radius 2 is 1.65 bits per heavy atom. The van der Waals surface area contributed by atoms with Crippen molar-refractivity contribution in [3.63, 3.8) is 0 Å². The molecule has 0 spiro atoms. The van der Waals surface area contributed by atoms with Gasteiger partial charge in [-0.1, -0.05) is 0 Å². The van der Waals surface area contributed by atoms with Crippen LogP contribution in [0.1, 0.15) is 42.1 Å². The molecule has 1 aliphatic rings. The van der Waals surface area contributed by atoms with E-state index in [-0.39, 0.29) is 30.2 Å². The summed E-state index contributed by atoms with van der Waals surface area (Å²) in [6.07, 6.45) is -2.30. The number of carbonyl (C=O) groups excluding carboxylic acids is 1. The van der Waals surface area contributed by atoms with Gasteiger partial charge in [0, 0.05) is 49.9 Å². The highest BCUT2D eigenvalue weighted by molar-refractivity contribution is 5.77. The summed E-state index contributed by atoms with van der Waals surface area (Å²) in [7, 11) is 0. The van der Waals surface area contributed by atoms with Crippen LogP contribution in [0.4, 0.5) is 26.3 Å². The van der Waals surface area contributed by atoms with E-state index in [1.54, 1.807) is 4.90 Å². The number of amides is 1. The van der Waals surface area contributed by atoms with Gasteiger partial charge in [0.05, 0.1) is 5.56 Å². The second kappa shape index (κ2) is 9.21. The molecule has 0 aliphatic carbocycles. The summed E-state index contributed by atoms with van der Waals surface area (Å²) >= 11 is 0. The molecule has 1 amide bonds. The Morgan fingerprint density at radius 3 is 2.23 bits per heavy atom. The smallest absolute Gasteiger partial charge is 0.343 e. The average Bonchev–Trinajstić information content (AvgIpc) is 2.71. The molecule has 1 aliphatic heterocycles. The Bertz CT molecular complexity index is 927. The maximum Gasteiger partial charge on any atom is 0.419 e. The van der Waals surface area contributed by atoms with E-state index in [0.29, 0.717) is 37.8 Å². The first-order valence-electron chi connectivity index (χ1n) is 9.60. The van der Waals surface area contributed by atoms with Crippen molar-refractivity contribution >= 4 is 5.91 Å². The van der Waals surface area contributed by atoms with Gasteiger partial charge in [0.2, 0.25) is 5.91 Å². The summed E-state index contributed by atoms with van der Waals surface area (Å²) in [6, 6.07) is 0.375. The highest BCUT2D eigenvalue weighted by atomic mass is 19.4. The van der Waals surface area contributed by atoms with Crippen LogP contribution in [-0.2, 0) is 17.4 Å². The number of likely N-dealkylation sites (tertiary alicyclic amines) is 1. The molecule has 168 valence electrons. The van der Waals surface area contributed by atoms with Gasteiger partial charge in [0.15, 0.2) is 11.6 Å². The molecule has 0 radical (unpaired) electrons. The van der Waals surface area contributed by atoms with Crippen LogP contribution in [0, 0.1) is 17.5 Å². The maximum absolute atomic E-state index is 13.7. The van der Waals surface area contributed by atoms with E-state index in [1.807, 2.05) is 0 Å². The van der Waals surface area contributed by atoms with Gasteiger partial charge in [0.25, 0.3) is 0 Å². The quantitative estimate of drug-likeness (QED) is 0.563. The van der Waals surface area contributed by atoms with Gasteiger partial charge in [0.1, 0.15) is 11.6 Å². The summed E-state index contributed by atoms with van der Waals surface area (Å²) in [6.45, 7) is 0.695. The highest BCUT2D eigenvalue weighted by Crippen LogP contribution is 2.30. The molecule has 1 saturated heterocycles. The Morgan fingerprint density at radius 1 is 1.06 bits per heavy atom. The van der Waals surface area contributed by atoms with Crippen LogP contribution in [0.5, 0.6) is 0 Å². The number of nitrogens with two attached hydrogens (primary N) is 1. The van der Waals surface area contributed by atoms with Gasteiger partial charge in [-0.25, -0.2) is 23.1 Å². The summed E-state index contributed by atoms with van der Waals surface area (Å²) in [5.74, 6) is -3.57. The van der Waals surface area contributed by atoms with Crippen LogP contribution in [0.25, 0.3) is 0 Å². The molecular formula is C20H20F6N4O. The number of alkyl halides is 3. The van der Waals surface area contributed by atoms with Crippen LogP contribution >= 0.6 is 0 Å². The summed E-state index contributed by atoms with van der Waals surface area (Å²) in [5.41, 5.74) is 4.86. The molecule has 3 rings (SSSR count). The fourth-order valence-electron chi connectivity index (χ4n) is 3.51. The molecular weight excluding hydrogens is 426 g/mol. The molecule has 31 heavy (non-hydrogen) atoms. The van der Waals surface area contributed by atoms with Crippen molar-refractivity contribution in [1.82, 2.24) is 14.9 Å². The molecule has 11 heteroatoms. The monoisotopic (exact) mass is 446 g/mol. The average molecular weight is 446 g/mol. The fourth-order valence-corrected chi connectivity index (χ4v) is 3.51. The van der Waals surface area contributed by atoms with Crippen molar-refractivity contribution in [2.24, 2.45) is 5.73 Å². The molecule has 1 aromatic carbocycles. The Labute approximate surface area is 174 Å². The largest absolute Gasteiger partial charge is 0.419 e. The van der Waals surface area contributed by atoms with Gasteiger partial charge in [-0.2, -0.15) is 13.2 Å². The van der Waals surface area contributed by atoms with E-state index >= 15 is 0 Å². The molecule has 0 saturated carbocycles. The van der Waals surface area contributed by atoms with Crippen molar-refractivity contribution in [3.8, 4) is 0 Å². The zero-order chi connectivity index (χ0) is 22.8. The van der Waals surface area contributed by atoms with E-state index in [4.69, 9.17) is 5.73 Å². The summed E-state index contributed by atoms with van der Waals surface area (Å²) < 4.78 is 77.9. The molecule has 2 N–H and O–H groups in total. The van der Waals surface area contributed by atoms with Crippen LogP contribution in [0.3, 0.4) is 0 Å². The van der Waals surface area contributed by atoms with E-state index in [9.17, 15) is 31.1 Å². The van der Waals surface area contributed by atoms with Crippen LogP contribution in [0.15, 0.2) is 24.5 Å². The van der Waals surface area contributed by atoms with Crippen molar-refractivity contribution in [2.75, 3.05) is 13.1 Å². The predicted octanol–water partition coefficient (Wildman–Crippen LogP) is 3.58. The van der Waals surface area contributed by atoms with Gasteiger partial charge < -0.3 is 10.6 Å². The number of halogens is 6. The van der Waals surface area contributed by atoms with Crippen LogP contribution in [-0.4, -0.2) is 39.9 Å². The van der Waals surface area contributed by atoms with E-state index in [2.05, 4.69) is 9.97 Å². The lowest BCUT2D eigenvalue weighted by Gasteiger charge is -2.32. The summed E-state index contributed by atoms with van der Waals surface area (Å²) in [4.78, 5) is 21.6. The number of piperidine rings is 1. The number of benzene rings is 1. The normalized spacial score (nSPS) is 16.4. The van der Waals surface area contributed by atoms with Gasteiger partial charge >= 0.3 is 6.18 Å². The number of hydrogen-bond acceptors (Lipinski definition) is 4. The third-order valence-electron chi connectivity index (χ3n) is 5.22. The third kappa shape index (κ3) is 5.72. The molecule has 1 fully saturated rings. The fraction of sp³-hybridized carbons (Fsp3) is 0.450. The SMILES string of the molecule is N[C@@H](CC(=O)N1CCC(c2ncc(C(F)(F)F)cn2)CC1)Cc1cc(F)c(F)cc1F. The lowest BCUT2D eigenvalue weighted by atomic mass is 9.95. The zero-order valence-electron chi connectivity index (χ0n) is 16.3. The second-order valence-corrected chi connectivity index (χ2v) is 7.51. The minimum atomic E-state index is -4.50. The Hall–Kier alpha value is -2.69. The van der Waals surface area contributed by atoms with Crippen molar-refractivity contribution < 1.29 is 31.1 Å². The van der Waals surface area contributed by atoms with E-state index in [0.717, 1.165) is 18.5 Å². The van der Waals surface area contributed by atoms with Gasteiger partial charge in [-0.05, 0) is 30.9 Å². The first kappa shape index (κ1) is 23.0. The summed E-state index contributed by atoms with van der Waals surface area (Å²) in [5, 5.41) is 0. The van der Waals surface area contributed by atoms with E-state index < -0.39 is 35.2 Å². The molecule has 0 unspecified atom stereocenters. The lowest BCUT2D eigenvalue weighted by Crippen LogP contribution is -2.41. The highest BCUT2D eigenvalue weighted by Gasteiger charge is 2.32. The minimum Gasteiger partial charge on any atom is -0.343 e. The minimum absolute atomic E-state index is 0.111. The number of rotatable bonds is 5. The first-order valence-corrected chi connectivity index (χ1v) is 9.60. The number of hydrogen-bond donors (Lipinski definition) is 1. The van der Waals surface area contributed by atoms with Gasteiger partial charge in [-0.15, -0.1) is 0 Å². The Kier molecular flexibility index (Phi) is 6.83. The second-order valence-electron chi connectivity index (χ2n) is 7.51. The lowest BCUT2D eigenvalue weighted by molar-refractivity contribution is -0.138. The van der Waals surface area contributed by atoms with Crippen molar-refractivity contribution in [3.05, 3.63) is 58.9 Å². The number of aromatic nitrogens is 2. The topological polar surface area (TPSA) is 72.1 Å². The maximum atomic E-state index is 13.7. The number of carbonyl (C=O) groups is 1. The molecule has 5 nitrogen and oxygen atoms in total. The first-order chi connectivity index (χ1) is 14.5.